The van der Waals surface area contributed by atoms with Crippen LogP contribution in [0.2, 0.25) is 0 Å². The van der Waals surface area contributed by atoms with Crippen molar-refractivity contribution in [2.75, 3.05) is 6.54 Å². The molecule has 0 bridgehead atoms. The van der Waals surface area contributed by atoms with Crippen LogP contribution in [0.4, 0.5) is 0 Å². The van der Waals surface area contributed by atoms with Crippen molar-refractivity contribution in [2.45, 2.75) is 103 Å². The molecule has 0 saturated heterocycles. The second kappa shape index (κ2) is 14.1. The van der Waals surface area contributed by atoms with Crippen LogP contribution in [0.3, 0.4) is 0 Å². The monoisotopic (exact) mass is 359 g/mol. The molecule has 0 aliphatic heterocycles. The van der Waals surface area contributed by atoms with Crippen LogP contribution >= 0.6 is 0 Å². The summed E-state index contributed by atoms with van der Waals surface area (Å²) >= 11 is 0. The summed E-state index contributed by atoms with van der Waals surface area (Å²) in [5, 5.41) is 31.2. The Hall–Kier alpha value is -1.14. The summed E-state index contributed by atoms with van der Waals surface area (Å²) in [6, 6.07) is -0.602. The molecule has 6 heteroatoms. The molecule has 0 aromatic heterocycles. The Balaban J connectivity index is 3.91. The average Bonchev–Trinajstić information content (AvgIpc) is 2.52. The normalized spacial score (nSPS) is 14.8. The molecule has 6 nitrogen and oxygen atoms in total. The lowest BCUT2D eigenvalue weighted by atomic mass is 9.94. The Morgan fingerprint density at radius 1 is 0.960 bits per heavy atom. The van der Waals surface area contributed by atoms with Gasteiger partial charge >= 0.3 is 11.9 Å². The van der Waals surface area contributed by atoms with Gasteiger partial charge in [-0.05, 0) is 39.2 Å². The Morgan fingerprint density at radius 2 is 1.60 bits per heavy atom. The van der Waals surface area contributed by atoms with E-state index in [1.54, 1.807) is 0 Å². The zero-order valence-electron chi connectivity index (χ0n) is 15.9. The maximum Gasteiger partial charge on any atom is 0.320 e. The number of aliphatic hydroxyl groups is 1. The molecule has 0 spiro atoms. The Morgan fingerprint density at radius 3 is 2.20 bits per heavy atom. The molecule has 0 radical (unpaired) electrons. The van der Waals surface area contributed by atoms with Crippen molar-refractivity contribution in [3.8, 4) is 0 Å². The predicted octanol–water partition coefficient (Wildman–Crippen LogP) is 3.57. The maximum absolute atomic E-state index is 11.3. The number of aliphatic carboxylic acids is 2. The van der Waals surface area contributed by atoms with Crippen molar-refractivity contribution in [3.63, 3.8) is 0 Å². The molecule has 0 fully saturated rings. The predicted molar refractivity (Wildman–Crippen MR) is 98.8 cm³/mol. The number of rotatable bonds is 17. The molecule has 4 N–H and O–H groups in total. The van der Waals surface area contributed by atoms with Crippen molar-refractivity contribution >= 4 is 11.9 Å². The molecule has 0 heterocycles. The number of carboxylic acid groups (broad SMARTS) is 2. The lowest BCUT2D eigenvalue weighted by molar-refractivity contribution is -0.140. The number of hydrogen-bond donors (Lipinski definition) is 4. The Bertz CT molecular complexity index is 371. The van der Waals surface area contributed by atoms with Gasteiger partial charge in [0.15, 0.2) is 0 Å². The highest BCUT2D eigenvalue weighted by Gasteiger charge is 2.21. The smallest absolute Gasteiger partial charge is 0.320 e. The van der Waals surface area contributed by atoms with E-state index in [0.29, 0.717) is 25.8 Å². The first kappa shape index (κ1) is 23.9. The molecule has 0 aromatic carbocycles. The van der Waals surface area contributed by atoms with Crippen molar-refractivity contribution in [1.82, 2.24) is 5.32 Å². The van der Waals surface area contributed by atoms with E-state index in [0.717, 1.165) is 38.5 Å². The number of nitrogens with one attached hydrogen (secondary N) is 1. The van der Waals surface area contributed by atoms with E-state index in [1.807, 2.05) is 6.92 Å². The molecule has 0 aromatic rings. The highest BCUT2D eigenvalue weighted by molar-refractivity contribution is 5.73. The molecule has 148 valence electrons. The van der Waals surface area contributed by atoms with Crippen molar-refractivity contribution < 1.29 is 24.9 Å². The van der Waals surface area contributed by atoms with Crippen LogP contribution in [-0.2, 0) is 9.59 Å². The molecule has 0 rings (SSSR count). The third-order valence-corrected chi connectivity index (χ3v) is 4.55. The van der Waals surface area contributed by atoms with Gasteiger partial charge in [0, 0.05) is 6.42 Å². The van der Waals surface area contributed by atoms with E-state index in [9.17, 15) is 19.8 Å². The Labute approximate surface area is 152 Å². The standard InChI is InChI=1S/C19H37NO5/c1-3-4-5-10-13-19(2,25)14-15-20-16(18(23)24)11-8-6-7-9-12-17(21)22/h16,20,25H,3-15H2,1-2H3,(H,21,22)(H,23,24). The third kappa shape index (κ3) is 14.9. The summed E-state index contributed by atoms with van der Waals surface area (Å²) in [6.07, 6.45) is 9.52. The van der Waals surface area contributed by atoms with Crippen LogP contribution < -0.4 is 5.32 Å². The lowest BCUT2D eigenvalue weighted by Crippen LogP contribution is -2.40. The fourth-order valence-electron chi connectivity index (χ4n) is 2.86. The summed E-state index contributed by atoms with van der Waals surface area (Å²) in [5.74, 6) is -1.65. The summed E-state index contributed by atoms with van der Waals surface area (Å²) in [4.78, 5) is 21.7. The van der Waals surface area contributed by atoms with Gasteiger partial charge in [-0.1, -0.05) is 51.9 Å². The van der Waals surface area contributed by atoms with Crippen LogP contribution in [0.5, 0.6) is 0 Å². The minimum Gasteiger partial charge on any atom is -0.481 e. The van der Waals surface area contributed by atoms with Crippen molar-refractivity contribution in [3.05, 3.63) is 0 Å². The number of hydrogen-bond acceptors (Lipinski definition) is 4. The van der Waals surface area contributed by atoms with Gasteiger partial charge in [0.05, 0.1) is 5.60 Å². The van der Waals surface area contributed by atoms with E-state index >= 15 is 0 Å². The van der Waals surface area contributed by atoms with Gasteiger partial charge in [-0.25, -0.2) is 0 Å². The first-order valence-electron chi connectivity index (χ1n) is 9.69. The molecular formula is C19H37NO5. The van der Waals surface area contributed by atoms with Gasteiger partial charge in [0.25, 0.3) is 0 Å². The van der Waals surface area contributed by atoms with E-state index < -0.39 is 23.6 Å². The molecule has 2 atom stereocenters. The molecule has 0 aliphatic carbocycles. The zero-order valence-corrected chi connectivity index (χ0v) is 15.9. The van der Waals surface area contributed by atoms with Crippen LogP contribution in [0, 0.1) is 0 Å². The SMILES string of the molecule is CCCCCCC(C)(O)CCNC(CCCCCCC(=O)O)C(=O)O. The number of carbonyl (C=O) groups is 2. The van der Waals surface area contributed by atoms with Crippen molar-refractivity contribution in [2.24, 2.45) is 0 Å². The Kier molecular flexibility index (Phi) is 13.4. The summed E-state index contributed by atoms with van der Waals surface area (Å²) < 4.78 is 0. The molecule has 0 amide bonds. The molecule has 25 heavy (non-hydrogen) atoms. The second-order valence-corrected chi connectivity index (χ2v) is 7.25. The first-order valence-corrected chi connectivity index (χ1v) is 9.69. The summed E-state index contributed by atoms with van der Waals surface area (Å²) in [5.41, 5.74) is -0.749. The van der Waals surface area contributed by atoms with E-state index in [2.05, 4.69) is 12.2 Å². The first-order chi connectivity index (χ1) is 11.8. The fraction of sp³-hybridized carbons (Fsp3) is 0.895. The average molecular weight is 360 g/mol. The van der Waals surface area contributed by atoms with Gasteiger partial charge in [-0.15, -0.1) is 0 Å². The lowest BCUT2D eigenvalue weighted by Gasteiger charge is -2.24. The molecule has 2 unspecified atom stereocenters. The van der Waals surface area contributed by atoms with Gasteiger partial charge in [0.2, 0.25) is 0 Å². The molecular weight excluding hydrogens is 322 g/mol. The third-order valence-electron chi connectivity index (χ3n) is 4.55. The maximum atomic E-state index is 11.3. The molecule has 0 aliphatic rings. The number of unbranched alkanes of at least 4 members (excludes halogenated alkanes) is 6. The minimum atomic E-state index is -0.867. The van der Waals surface area contributed by atoms with E-state index in [-0.39, 0.29) is 6.42 Å². The van der Waals surface area contributed by atoms with Crippen molar-refractivity contribution in [1.29, 1.82) is 0 Å². The fourth-order valence-corrected chi connectivity index (χ4v) is 2.86. The topological polar surface area (TPSA) is 107 Å². The number of carboxylic acids is 2. The summed E-state index contributed by atoms with van der Waals surface area (Å²) in [7, 11) is 0. The highest BCUT2D eigenvalue weighted by atomic mass is 16.4. The molecule has 0 saturated carbocycles. The quantitative estimate of drug-likeness (QED) is 0.296. The van der Waals surface area contributed by atoms with Crippen LogP contribution in [0.25, 0.3) is 0 Å². The van der Waals surface area contributed by atoms with E-state index in [4.69, 9.17) is 5.11 Å². The highest BCUT2D eigenvalue weighted by Crippen LogP contribution is 2.18. The van der Waals surface area contributed by atoms with Gasteiger partial charge in [-0.2, -0.15) is 0 Å². The van der Waals surface area contributed by atoms with Crippen LogP contribution in [0.15, 0.2) is 0 Å². The van der Waals surface area contributed by atoms with E-state index in [1.165, 1.54) is 12.8 Å². The minimum absolute atomic E-state index is 0.175. The summed E-state index contributed by atoms with van der Waals surface area (Å²) in [6.45, 7) is 4.45. The zero-order chi connectivity index (χ0) is 19.1. The second-order valence-electron chi connectivity index (χ2n) is 7.25. The van der Waals surface area contributed by atoms with Gasteiger partial charge < -0.3 is 20.6 Å². The van der Waals surface area contributed by atoms with Gasteiger partial charge in [0.1, 0.15) is 6.04 Å². The van der Waals surface area contributed by atoms with Gasteiger partial charge in [-0.3, -0.25) is 9.59 Å². The van der Waals surface area contributed by atoms with Crippen LogP contribution in [0.1, 0.15) is 90.9 Å². The largest absolute Gasteiger partial charge is 0.481 e. The van der Waals surface area contributed by atoms with Crippen LogP contribution in [-0.4, -0.2) is 45.4 Å².